The molecule has 0 aliphatic carbocycles. The SMILES string of the molecule is CC1CC2(CCNCC2)CN1C(=O)c1cc(=O)[nH]c2cc(F)ccc12. The number of carbonyl (C=O) groups is 1. The Bertz CT molecular complexity index is 886. The molecule has 1 aromatic heterocycles. The molecule has 6 heteroatoms. The summed E-state index contributed by atoms with van der Waals surface area (Å²) in [6.45, 7) is 4.78. The lowest BCUT2D eigenvalue weighted by molar-refractivity contribution is 0.0725. The van der Waals surface area contributed by atoms with E-state index in [4.69, 9.17) is 0 Å². The summed E-state index contributed by atoms with van der Waals surface area (Å²) in [6, 6.07) is 5.62. The zero-order valence-corrected chi connectivity index (χ0v) is 14.3. The first-order valence-electron chi connectivity index (χ1n) is 8.82. The molecule has 3 heterocycles. The minimum atomic E-state index is -0.434. The Morgan fingerprint density at radius 1 is 1.28 bits per heavy atom. The Morgan fingerprint density at radius 2 is 2.04 bits per heavy atom. The van der Waals surface area contributed by atoms with Gasteiger partial charge in [-0.25, -0.2) is 4.39 Å². The van der Waals surface area contributed by atoms with Crippen molar-refractivity contribution < 1.29 is 9.18 Å². The second-order valence-electron chi connectivity index (χ2n) is 7.47. The van der Waals surface area contributed by atoms with E-state index >= 15 is 0 Å². The highest BCUT2D eigenvalue weighted by Gasteiger charge is 2.44. The molecule has 4 rings (SSSR count). The Labute approximate surface area is 145 Å². The number of rotatable bonds is 1. The van der Waals surface area contributed by atoms with Gasteiger partial charge in [-0.2, -0.15) is 0 Å². The fraction of sp³-hybridized carbons (Fsp3) is 0.474. The second kappa shape index (κ2) is 5.95. The summed E-state index contributed by atoms with van der Waals surface area (Å²) in [7, 11) is 0. The maximum Gasteiger partial charge on any atom is 0.255 e. The molecule has 2 fully saturated rings. The number of aromatic nitrogens is 1. The molecule has 1 unspecified atom stereocenters. The molecular formula is C19H22FN3O2. The molecule has 2 aromatic rings. The number of benzene rings is 1. The molecule has 1 amide bonds. The molecule has 2 saturated heterocycles. The van der Waals surface area contributed by atoms with Gasteiger partial charge in [-0.05, 0) is 62.9 Å². The van der Waals surface area contributed by atoms with Crippen molar-refractivity contribution in [2.24, 2.45) is 5.41 Å². The lowest BCUT2D eigenvalue weighted by atomic mass is 9.77. The third kappa shape index (κ3) is 2.84. The zero-order valence-electron chi connectivity index (χ0n) is 14.3. The summed E-state index contributed by atoms with van der Waals surface area (Å²) in [4.78, 5) is 29.7. The van der Waals surface area contributed by atoms with Crippen LogP contribution in [0, 0.1) is 11.2 Å². The number of H-pyrrole nitrogens is 1. The van der Waals surface area contributed by atoms with Crippen molar-refractivity contribution in [1.29, 1.82) is 0 Å². The highest BCUT2D eigenvalue weighted by Crippen LogP contribution is 2.42. The highest BCUT2D eigenvalue weighted by atomic mass is 19.1. The number of hydrogen-bond acceptors (Lipinski definition) is 3. The van der Waals surface area contributed by atoms with Gasteiger partial charge in [-0.3, -0.25) is 9.59 Å². The van der Waals surface area contributed by atoms with Gasteiger partial charge in [-0.15, -0.1) is 0 Å². The standard InChI is InChI=1S/C19H22FN3O2/c1-12-10-19(4-6-21-7-5-19)11-23(12)18(25)15-9-17(24)22-16-8-13(20)2-3-14(15)16/h2-3,8-9,12,21H,4-7,10-11H2,1H3,(H,22,24). The van der Waals surface area contributed by atoms with Gasteiger partial charge in [0, 0.05) is 24.0 Å². The van der Waals surface area contributed by atoms with Crippen molar-refractivity contribution in [3.8, 4) is 0 Å². The first-order chi connectivity index (χ1) is 12.0. The number of likely N-dealkylation sites (tertiary alicyclic amines) is 1. The Kier molecular flexibility index (Phi) is 3.87. The van der Waals surface area contributed by atoms with Gasteiger partial charge in [0.25, 0.3) is 5.91 Å². The molecule has 132 valence electrons. The van der Waals surface area contributed by atoms with E-state index in [-0.39, 0.29) is 22.9 Å². The molecule has 0 saturated carbocycles. The van der Waals surface area contributed by atoms with E-state index in [1.165, 1.54) is 18.2 Å². The van der Waals surface area contributed by atoms with Crippen molar-refractivity contribution in [2.75, 3.05) is 19.6 Å². The molecule has 0 radical (unpaired) electrons. The third-order valence-electron chi connectivity index (χ3n) is 5.73. The number of nitrogens with one attached hydrogen (secondary N) is 2. The normalized spacial score (nSPS) is 22.6. The van der Waals surface area contributed by atoms with Gasteiger partial charge >= 0.3 is 0 Å². The average Bonchev–Trinajstić information content (AvgIpc) is 2.89. The fourth-order valence-corrected chi connectivity index (χ4v) is 4.47. The van der Waals surface area contributed by atoms with Crippen LogP contribution in [0.1, 0.15) is 36.5 Å². The van der Waals surface area contributed by atoms with Gasteiger partial charge < -0.3 is 15.2 Å². The van der Waals surface area contributed by atoms with Crippen molar-refractivity contribution in [3.63, 3.8) is 0 Å². The van der Waals surface area contributed by atoms with E-state index in [1.807, 2.05) is 4.90 Å². The molecule has 25 heavy (non-hydrogen) atoms. The molecule has 2 N–H and O–H groups in total. The van der Waals surface area contributed by atoms with E-state index in [2.05, 4.69) is 17.2 Å². The number of nitrogens with zero attached hydrogens (tertiary/aromatic N) is 1. The van der Waals surface area contributed by atoms with Crippen molar-refractivity contribution in [3.05, 3.63) is 46.0 Å². The maximum absolute atomic E-state index is 13.5. The monoisotopic (exact) mass is 343 g/mol. The van der Waals surface area contributed by atoms with Gasteiger partial charge in [0.05, 0.1) is 11.1 Å². The van der Waals surface area contributed by atoms with Gasteiger partial charge in [0.15, 0.2) is 0 Å². The van der Waals surface area contributed by atoms with Crippen LogP contribution in [0.15, 0.2) is 29.1 Å². The topological polar surface area (TPSA) is 65.2 Å². The fourth-order valence-electron chi connectivity index (χ4n) is 4.47. The summed E-state index contributed by atoms with van der Waals surface area (Å²) < 4.78 is 13.5. The lowest BCUT2D eigenvalue weighted by Crippen LogP contribution is -2.40. The molecule has 1 atom stereocenters. The molecular weight excluding hydrogens is 321 g/mol. The van der Waals surface area contributed by atoms with Crippen molar-refractivity contribution >= 4 is 16.8 Å². The molecule has 0 bridgehead atoms. The van der Waals surface area contributed by atoms with E-state index in [0.717, 1.165) is 38.9 Å². The average molecular weight is 343 g/mol. The Hall–Kier alpha value is -2.21. The van der Waals surface area contributed by atoms with Crippen LogP contribution in [0.4, 0.5) is 4.39 Å². The lowest BCUT2D eigenvalue weighted by Gasteiger charge is -2.33. The largest absolute Gasteiger partial charge is 0.335 e. The van der Waals surface area contributed by atoms with Gasteiger partial charge in [0.1, 0.15) is 5.82 Å². The van der Waals surface area contributed by atoms with Crippen molar-refractivity contribution in [1.82, 2.24) is 15.2 Å². The van der Waals surface area contributed by atoms with Crippen LogP contribution in [0.25, 0.3) is 10.9 Å². The maximum atomic E-state index is 13.5. The number of amides is 1. The van der Waals surface area contributed by atoms with Crippen LogP contribution in [0.5, 0.6) is 0 Å². The van der Waals surface area contributed by atoms with E-state index in [1.54, 1.807) is 6.07 Å². The number of pyridine rings is 1. The van der Waals surface area contributed by atoms with E-state index in [0.29, 0.717) is 16.5 Å². The van der Waals surface area contributed by atoms with E-state index in [9.17, 15) is 14.0 Å². The first kappa shape index (κ1) is 16.3. The summed E-state index contributed by atoms with van der Waals surface area (Å²) in [5.41, 5.74) is 0.518. The minimum absolute atomic E-state index is 0.134. The smallest absolute Gasteiger partial charge is 0.255 e. The zero-order chi connectivity index (χ0) is 17.6. The van der Waals surface area contributed by atoms with Gasteiger partial charge in [0.2, 0.25) is 5.56 Å². The summed E-state index contributed by atoms with van der Waals surface area (Å²) >= 11 is 0. The Morgan fingerprint density at radius 3 is 2.80 bits per heavy atom. The van der Waals surface area contributed by atoms with Crippen LogP contribution in [-0.2, 0) is 0 Å². The molecule has 2 aliphatic rings. The predicted octanol–water partition coefficient (Wildman–Crippen LogP) is 2.27. The molecule has 1 aromatic carbocycles. The molecule has 2 aliphatic heterocycles. The Balaban J connectivity index is 1.71. The van der Waals surface area contributed by atoms with Crippen LogP contribution < -0.4 is 10.9 Å². The highest BCUT2D eigenvalue weighted by molar-refractivity contribution is 6.06. The predicted molar refractivity (Wildman–Crippen MR) is 94.2 cm³/mol. The molecule has 5 nitrogen and oxygen atoms in total. The second-order valence-corrected chi connectivity index (χ2v) is 7.47. The summed E-state index contributed by atoms with van der Waals surface area (Å²) in [6.07, 6.45) is 3.14. The summed E-state index contributed by atoms with van der Waals surface area (Å²) in [5, 5.41) is 3.97. The molecule has 1 spiro atoms. The van der Waals surface area contributed by atoms with Crippen LogP contribution >= 0.6 is 0 Å². The van der Waals surface area contributed by atoms with Crippen LogP contribution in [-0.4, -0.2) is 41.5 Å². The number of fused-ring (bicyclic) bond motifs is 1. The number of hydrogen-bond donors (Lipinski definition) is 2. The summed E-state index contributed by atoms with van der Waals surface area (Å²) in [5.74, 6) is -0.568. The number of halogens is 1. The van der Waals surface area contributed by atoms with Crippen LogP contribution in [0.3, 0.4) is 0 Å². The number of carbonyl (C=O) groups excluding carboxylic acids is 1. The number of piperidine rings is 1. The number of aromatic amines is 1. The quantitative estimate of drug-likeness (QED) is 0.835. The van der Waals surface area contributed by atoms with Gasteiger partial charge in [-0.1, -0.05) is 0 Å². The first-order valence-corrected chi connectivity index (χ1v) is 8.82. The third-order valence-corrected chi connectivity index (χ3v) is 5.73. The van der Waals surface area contributed by atoms with Crippen LogP contribution in [0.2, 0.25) is 0 Å². The minimum Gasteiger partial charge on any atom is -0.335 e. The van der Waals surface area contributed by atoms with E-state index < -0.39 is 5.82 Å². The van der Waals surface area contributed by atoms with Crippen molar-refractivity contribution in [2.45, 2.75) is 32.2 Å².